The standard InChI is InChI=1S/C6H8N4O3/c1-9-4(11)3(8-7)5(12)10(2)6(9)13/h7,11H,1-2H3. The topological polar surface area (TPSA) is 100 Å². The quantitative estimate of drug-likeness (QED) is 0.572. The molecule has 0 saturated carbocycles. The number of hydrogen-bond donors (Lipinski definition) is 2. The normalized spacial score (nSPS) is 10.0. The summed E-state index contributed by atoms with van der Waals surface area (Å²) in [6.45, 7) is 0. The maximum Gasteiger partial charge on any atom is 0.333 e. The Morgan fingerprint density at radius 1 is 1.31 bits per heavy atom. The van der Waals surface area contributed by atoms with Gasteiger partial charge in [0.25, 0.3) is 5.56 Å². The van der Waals surface area contributed by atoms with E-state index in [4.69, 9.17) is 5.53 Å². The van der Waals surface area contributed by atoms with Crippen molar-refractivity contribution in [2.45, 2.75) is 0 Å². The maximum atomic E-state index is 11.2. The number of rotatable bonds is 1. The fraction of sp³-hybridized carbons (Fsp3) is 0.333. The summed E-state index contributed by atoms with van der Waals surface area (Å²) in [5, 5.41) is 12.1. The minimum absolute atomic E-state index is 0.440. The van der Waals surface area contributed by atoms with E-state index in [1.165, 1.54) is 14.1 Å². The van der Waals surface area contributed by atoms with Gasteiger partial charge in [0.15, 0.2) is 0 Å². The molecule has 1 rings (SSSR count). The second-order valence-electron chi connectivity index (χ2n) is 2.49. The van der Waals surface area contributed by atoms with Gasteiger partial charge in [-0.2, -0.15) is 0 Å². The van der Waals surface area contributed by atoms with Crippen molar-refractivity contribution < 1.29 is 5.11 Å². The Morgan fingerprint density at radius 3 is 2.31 bits per heavy atom. The minimum Gasteiger partial charge on any atom is -0.493 e. The molecule has 0 spiro atoms. The van der Waals surface area contributed by atoms with Crippen LogP contribution in [0, 0.1) is 5.53 Å². The van der Waals surface area contributed by atoms with Gasteiger partial charge in [-0.05, 0) is 0 Å². The zero-order valence-corrected chi connectivity index (χ0v) is 7.11. The van der Waals surface area contributed by atoms with Crippen LogP contribution in [0.1, 0.15) is 0 Å². The average Bonchev–Trinajstić information content (AvgIpc) is 2.13. The van der Waals surface area contributed by atoms with Crippen LogP contribution in [0.25, 0.3) is 0 Å². The van der Waals surface area contributed by atoms with E-state index in [1.54, 1.807) is 0 Å². The minimum atomic E-state index is -0.782. The summed E-state index contributed by atoms with van der Waals surface area (Å²) in [6, 6.07) is 0. The van der Waals surface area contributed by atoms with Gasteiger partial charge in [-0.3, -0.25) is 13.9 Å². The van der Waals surface area contributed by atoms with E-state index in [1.807, 2.05) is 0 Å². The predicted octanol–water partition coefficient (Wildman–Crippen LogP) is -0.548. The summed E-state index contributed by atoms with van der Waals surface area (Å²) in [5.41, 5.74) is 4.75. The molecule has 2 N–H and O–H groups in total. The smallest absolute Gasteiger partial charge is 0.333 e. The van der Waals surface area contributed by atoms with Gasteiger partial charge in [0.2, 0.25) is 11.6 Å². The van der Waals surface area contributed by atoms with E-state index >= 15 is 0 Å². The molecular weight excluding hydrogens is 176 g/mol. The van der Waals surface area contributed by atoms with Crippen LogP contribution in [0.2, 0.25) is 0 Å². The van der Waals surface area contributed by atoms with Crippen LogP contribution in [0.4, 0.5) is 5.69 Å². The predicted molar refractivity (Wildman–Crippen MR) is 43.4 cm³/mol. The molecule has 1 aromatic heterocycles. The summed E-state index contributed by atoms with van der Waals surface area (Å²) in [5.74, 6) is -0.594. The molecule has 1 heterocycles. The molecule has 0 bridgehead atoms. The van der Waals surface area contributed by atoms with E-state index in [0.717, 1.165) is 9.13 Å². The molecule has 0 radical (unpaired) electrons. The Kier molecular flexibility index (Phi) is 2.01. The van der Waals surface area contributed by atoms with Crippen molar-refractivity contribution in [1.29, 1.82) is 5.53 Å². The highest BCUT2D eigenvalue weighted by molar-refractivity contribution is 5.43. The monoisotopic (exact) mass is 184 g/mol. The van der Waals surface area contributed by atoms with Crippen LogP contribution >= 0.6 is 0 Å². The van der Waals surface area contributed by atoms with Gasteiger partial charge in [-0.25, -0.2) is 10.3 Å². The van der Waals surface area contributed by atoms with Crippen molar-refractivity contribution in [1.82, 2.24) is 9.13 Å². The van der Waals surface area contributed by atoms with Crippen molar-refractivity contribution in [2.75, 3.05) is 0 Å². The molecular formula is C6H8N4O3. The molecule has 0 atom stereocenters. The SMILES string of the molecule is Cn1c(O)c(N=N)c(=O)n(C)c1=O. The van der Waals surface area contributed by atoms with Gasteiger partial charge in [0.05, 0.1) is 0 Å². The van der Waals surface area contributed by atoms with Crippen LogP contribution < -0.4 is 11.2 Å². The van der Waals surface area contributed by atoms with Gasteiger partial charge in [0.1, 0.15) is 0 Å². The molecule has 7 heteroatoms. The molecule has 0 aliphatic heterocycles. The van der Waals surface area contributed by atoms with Crippen LogP contribution in [0.5, 0.6) is 5.88 Å². The Hall–Kier alpha value is -1.92. The Labute approximate surface area is 72.4 Å². The molecule has 1 aromatic rings. The molecule has 0 aliphatic rings. The fourth-order valence-corrected chi connectivity index (χ4v) is 0.914. The van der Waals surface area contributed by atoms with E-state index in [9.17, 15) is 14.7 Å². The number of aromatic nitrogens is 2. The molecule has 0 unspecified atom stereocenters. The number of nitrogens with zero attached hydrogens (tertiary/aromatic N) is 3. The highest BCUT2D eigenvalue weighted by atomic mass is 16.3. The zero-order chi connectivity index (χ0) is 10.2. The first kappa shape index (κ1) is 9.17. The molecule has 70 valence electrons. The molecule has 0 fully saturated rings. The first-order valence-corrected chi connectivity index (χ1v) is 3.37. The van der Waals surface area contributed by atoms with Crippen LogP contribution in [0.3, 0.4) is 0 Å². The molecule has 0 amide bonds. The first-order chi connectivity index (χ1) is 6.00. The highest BCUT2D eigenvalue weighted by Crippen LogP contribution is 2.16. The summed E-state index contributed by atoms with van der Waals surface area (Å²) >= 11 is 0. The lowest BCUT2D eigenvalue weighted by Crippen LogP contribution is -2.36. The zero-order valence-electron chi connectivity index (χ0n) is 7.11. The highest BCUT2D eigenvalue weighted by Gasteiger charge is 2.13. The third-order valence-electron chi connectivity index (χ3n) is 1.72. The summed E-state index contributed by atoms with van der Waals surface area (Å²) < 4.78 is 1.61. The lowest BCUT2D eigenvalue weighted by Gasteiger charge is -2.05. The lowest BCUT2D eigenvalue weighted by atomic mass is 10.5. The van der Waals surface area contributed by atoms with Crippen molar-refractivity contribution in [3.05, 3.63) is 20.8 Å². The van der Waals surface area contributed by atoms with Crippen molar-refractivity contribution in [2.24, 2.45) is 19.2 Å². The third-order valence-corrected chi connectivity index (χ3v) is 1.72. The average molecular weight is 184 g/mol. The van der Waals surface area contributed by atoms with Crippen LogP contribution in [-0.2, 0) is 14.1 Å². The lowest BCUT2D eigenvalue weighted by molar-refractivity contribution is 0.413. The van der Waals surface area contributed by atoms with Crippen LogP contribution in [-0.4, -0.2) is 14.2 Å². The molecule has 0 aliphatic carbocycles. The molecule has 0 aromatic carbocycles. The molecule has 13 heavy (non-hydrogen) atoms. The Morgan fingerprint density at radius 2 is 1.85 bits per heavy atom. The maximum absolute atomic E-state index is 11.2. The van der Waals surface area contributed by atoms with Crippen molar-refractivity contribution in [3.8, 4) is 5.88 Å². The van der Waals surface area contributed by atoms with Gasteiger partial charge in [0, 0.05) is 14.1 Å². The van der Waals surface area contributed by atoms with E-state index in [-0.39, 0.29) is 0 Å². The van der Waals surface area contributed by atoms with Gasteiger partial charge in [-0.1, -0.05) is 0 Å². The number of hydrogen-bond acceptors (Lipinski definition) is 5. The van der Waals surface area contributed by atoms with Crippen molar-refractivity contribution >= 4 is 5.69 Å². The first-order valence-electron chi connectivity index (χ1n) is 3.37. The number of aromatic hydroxyl groups is 1. The summed E-state index contributed by atoms with van der Waals surface area (Å²) in [6.07, 6.45) is 0. The van der Waals surface area contributed by atoms with E-state index < -0.39 is 22.8 Å². The van der Waals surface area contributed by atoms with Gasteiger partial charge >= 0.3 is 5.69 Å². The summed E-state index contributed by atoms with van der Waals surface area (Å²) in [4.78, 5) is 22.3. The largest absolute Gasteiger partial charge is 0.493 e. The second kappa shape index (κ2) is 2.85. The molecule has 0 saturated heterocycles. The van der Waals surface area contributed by atoms with Crippen LogP contribution in [0.15, 0.2) is 14.7 Å². The second-order valence-corrected chi connectivity index (χ2v) is 2.49. The van der Waals surface area contributed by atoms with Crippen molar-refractivity contribution in [3.63, 3.8) is 0 Å². The van der Waals surface area contributed by atoms with Gasteiger partial charge in [-0.15, -0.1) is 5.11 Å². The Bertz CT molecular complexity index is 470. The van der Waals surface area contributed by atoms with E-state index in [0.29, 0.717) is 0 Å². The number of nitrogens with one attached hydrogen (secondary N) is 1. The summed E-state index contributed by atoms with van der Waals surface area (Å²) in [7, 11) is 2.53. The molecule has 7 nitrogen and oxygen atoms in total. The third kappa shape index (κ3) is 1.13. The Balaban J connectivity index is 3.88. The van der Waals surface area contributed by atoms with E-state index in [2.05, 4.69) is 5.11 Å². The fourth-order valence-electron chi connectivity index (χ4n) is 0.914. The van der Waals surface area contributed by atoms with Gasteiger partial charge < -0.3 is 5.11 Å².